The summed E-state index contributed by atoms with van der Waals surface area (Å²) in [6.45, 7) is 4.84. The van der Waals surface area contributed by atoms with Crippen LogP contribution in [0.5, 0.6) is 0 Å². The fourth-order valence-corrected chi connectivity index (χ4v) is 1.53. The van der Waals surface area contributed by atoms with Gasteiger partial charge in [-0.05, 0) is 25.5 Å². The van der Waals surface area contributed by atoms with Crippen LogP contribution >= 0.6 is 0 Å². The number of rotatable bonds is 5. The summed E-state index contributed by atoms with van der Waals surface area (Å²) in [6, 6.07) is 9.50. The number of hydrogen-bond donors (Lipinski definition) is 1. The summed E-state index contributed by atoms with van der Waals surface area (Å²) in [4.78, 5) is 11.5. The van der Waals surface area contributed by atoms with Gasteiger partial charge in [0, 0.05) is 13.1 Å². The summed E-state index contributed by atoms with van der Waals surface area (Å²) in [5.74, 6) is -0.341. The van der Waals surface area contributed by atoms with Crippen LogP contribution in [0, 0.1) is 16.7 Å². The summed E-state index contributed by atoms with van der Waals surface area (Å²) in [5, 5.41) is 12.1. The van der Waals surface area contributed by atoms with Crippen LogP contribution in [-0.4, -0.2) is 19.6 Å². The van der Waals surface area contributed by atoms with E-state index in [-0.39, 0.29) is 5.97 Å². The van der Waals surface area contributed by atoms with Crippen molar-refractivity contribution in [2.45, 2.75) is 20.4 Å². The molecule has 0 amide bonds. The fraction of sp³-hybridized carbons (Fsp3) is 0.429. The maximum Gasteiger partial charge on any atom is 0.338 e. The lowest BCUT2D eigenvalue weighted by Crippen LogP contribution is -2.28. The maximum absolute atomic E-state index is 11.5. The molecule has 1 aromatic rings. The Balaban J connectivity index is 2.69. The van der Waals surface area contributed by atoms with Crippen molar-refractivity contribution in [3.8, 4) is 6.07 Å². The number of benzene rings is 1. The van der Waals surface area contributed by atoms with Gasteiger partial charge in [-0.25, -0.2) is 4.79 Å². The van der Waals surface area contributed by atoms with E-state index in [0.717, 1.165) is 5.56 Å². The van der Waals surface area contributed by atoms with Crippen LogP contribution in [-0.2, 0) is 11.3 Å². The number of ether oxygens (including phenoxy) is 1. The molecule has 18 heavy (non-hydrogen) atoms. The smallest absolute Gasteiger partial charge is 0.338 e. The third-order valence-corrected chi connectivity index (χ3v) is 2.61. The summed E-state index contributed by atoms with van der Waals surface area (Å²) in [5.41, 5.74) is 1.01. The number of hydrogen-bond acceptors (Lipinski definition) is 4. The summed E-state index contributed by atoms with van der Waals surface area (Å²) in [7, 11) is 1.37. The summed E-state index contributed by atoms with van der Waals surface area (Å²) >= 11 is 0. The molecule has 4 heteroatoms. The maximum atomic E-state index is 11.5. The van der Waals surface area contributed by atoms with Gasteiger partial charge in [0.2, 0.25) is 0 Å². The first-order chi connectivity index (χ1) is 8.50. The van der Waals surface area contributed by atoms with E-state index in [9.17, 15) is 4.79 Å². The lowest BCUT2D eigenvalue weighted by molar-refractivity contribution is 0.0599. The number of nitrogens with one attached hydrogen (secondary N) is 1. The molecule has 4 nitrogen and oxygen atoms in total. The molecule has 1 N–H and O–H groups in total. The van der Waals surface area contributed by atoms with Gasteiger partial charge in [-0.1, -0.05) is 18.2 Å². The van der Waals surface area contributed by atoms with E-state index < -0.39 is 5.41 Å². The Morgan fingerprint density at radius 2 is 2.11 bits per heavy atom. The standard InChI is InChI=1S/C14H18N2O2/c1-14(2,9-15)10-16-8-11-6-4-5-7-12(11)13(17)18-3/h4-7,16H,8,10H2,1-3H3. The van der Waals surface area contributed by atoms with Crippen molar-refractivity contribution in [2.75, 3.05) is 13.7 Å². The summed E-state index contributed by atoms with van der Waals surface area (Å²) < 4.78 is 4.73. The second kappa shape index (κ2) is 6.18. The zero-order chi connectivity index (χ0) is 13.6. The van der Waals surface area contributed by atoms with Crippen LogP contribution in [0.3, 0.4) is 0 Å². The molecule has 0 aliphatic heterocycles. The van der Waals surface area contributed by atoms with Crippen LogP contribution in [0.4, 0.5) is 0 Å². The Morgan fingerprint density at radius 3 is 2.72 bits per heavy atom. The predicted molar refractivity (Wildman–Crippen MR) is 68.9 cm³/mol. The number of nitrogens with zero attached hydrogens (tertiary/aromatic N) is 1. The molecule has 0 aromatic heterocycles. The number of carbonyl (C=O) groups is 1. The Hall–Kier alpha value is -1.86. The SMILES string of the molecule is COC(=O)c1ccccc1CNCC(C)(C)C#N. The molecule has 0 radical (unpaired) electrons. The van der Waals surface area contributed by atoms with Gasteiger partial charge in [0.05, 0.1) is 24.2 Å². The molecule has 0 bridgehead atoms. The van der Waals surface area contributed by atoms with Crippen LogP contribution in [0.15, 0.2) is 24.3 Å². The molecule has 1 rings (SSSR count). The Labute approximate surface area is 108 Å². The Bertz CT molecular complexity index is 461. The quantitative estimate of drug-likeness (QED) is 0.808. The third kappa shape index (κ3) is 3.86. The molecule has 0 atom stereocenters. The van der Waals surface area contributed by atoms with Gasteiger partial charge in [0.25, 0.3) is 0 Å². The molecule has 96 valence electrons. The monoisotopic (exact) mass is 246 g/mol. The topological polar surface area (TPSA) is 62.1 Å². The molecule has 0 saturated carbocycles. The predicted octanol–water partition coefficient (Wildman–Crippen LogP) is 2.11. The van der Waals surface area contributed by atoms with Crippen LogP contribution in [0.1, 0.15) is 29.8 Å². The average molecular weight is 246 g/mol. The van der Waals surface area contributed by atoms with Crippen molar-refractivity contribution >= 4 is 5.97 Å². The second-order valence-electron chi connectivity index (χ2n) is 4.75. The van der Waals surface area contributed by atoms with Crippen LogP contribution in [0.25, 0.3) is 0 Å². The van der Waals surface area contributed by atoms with Gasteiger partial charge < -0.3 is 10.1 Å². The number of carbonyl (C=O) groups excluding carboxylic acids is 1. The van der Waals surface area contributed by atoms with E-state index in [1.54, 1.807) is 12.1 Å². The van der Waals surface area contributed by atoms with Crippen LogP contribution in [0.2, 0.25) is 0 Å². The van der Waals surface area contributed by atoms with E-state index in [2.05, 4.69) is 11.4 Å². The molecule has 0 heterocycles. The fourth-order valence-electron chi connectivity index (χ4n) is 1.53. The zero-order valence-corrected chi connectivity index (χ0v) is 11.0. The minimum Gasteiger partial charge on any atom is -0.465 e. The van der Waals surface area contributed by atoms with Gasteiger partial charge in [0.15, 0.2) is 0 Å². The lowest BCUT2D eigenvalue weighted by atomic mass is 9.96. The molecule has 0 aliphatic rings. The van der Waals surface area contributed by atoms with Gasteiger partial charge in [-0.15, -0.1) is 0 Å². The van der Waals surface area contributed by atoms with Gasteiger partial charge in [0.1, 0.15) is 0 Å². The highest BCUT2D eigenvalue weighted by Gasteiger charge is 2.16. The average Bonchev–Trinajstić information content (AvgIpc) is 2.38. The third-order valence-electron chi connectivity index (χ3n) is 2.61. The number of esters is 1. The molecule has 0 spiro atoms. The number of nitriles is 1. The first kappa shape index (κ1) is 14.2. The molecule has 0 unspecified atom stereocenters. The Morgan fingerprint density at radius 1 is 1.44 bits per heavy atom. The van der Waals surface area contributed by atoms with Crippen molar-refractivity contribution in [3.05, 3.63) is 35.4 Å². The van der Waals surface area contributed by atoms with Gasteiger partial charge >= 0.3 is 5.97 Å². The van der Waals surface area contributed by atoms with Crippen molar-refractivity contribution < 1.29 is 9.53 Å². The van der Waals surface area contributed by atoms with E-state index in [1.165, 1.54) is 7.11 Å². The molecule has 0 aliphatic carbocycles. The molecular weight excluding hydrogens is 228 g/mol. The van der Waals surface area contributed by atoms with Crippen LogP contribution < -0.4 is 5.32 Å². The van der Waals surface area contributed by atoms with Crippen molar-refractivity contribution in [2.24, 2.45) is 5.41 Å². The minimum atomic E-state index is -0.416. The zero-order valence-electron chi connectivity index (χ0n) is 11.0. The van der Waals surface area contributed by atoms with E-state index in [1.807, 2.05) is 26.0 Å². The van der Waals surface area contributed by atoms with Crippen molar-refractivity contribution in [1.29, 1.82) is 5.26 Å². The largest absolute Gasteiger partial charge is 0.465 e. The minimum absolute atomic E-state index is 0.341. The normalized spacial score (nSPS) is 10.8. The molecule has 0 fully saturated rings. The molecule has 0 saturated heterocycles. The highest BCUT2D eigenvalue weighted by Crippen LogP contribution is 2.13. The Kier molecular flexibility index (Phi) is 4.87. The molecular formula is C14H18N2O2. The van der Waals surface area contributed by atoms with Gasteiger partial charge in [-0.3, -0.25) is 0 Å². The van der Waals surface area contributed by atoms with E-state index in [4.69, 9.17) is 10.00 Å². The number of methoxy groups -OCH3 is 1. The molecule has 1 aromatic carbocycles. The second-order valence-corrected chi connectivity index (χ2v) is 4.75. The van der Waals surface area contributed by atoms with Crippen molar-refractivity contribution in [3.63, 3.8) is 0 Å². The van der Waals surface area contributed by atoms with Crippen molar-refractivity contribution in [1.82, 2.24) is 5.32 Å². The summed E-state index contributed by atoms with van der Waals surface area (Å²) in [6.07, 6.45) is 0. The van der Waals surface area contributed by atoms with Gasteiger partial charge in [-0.2, -0.15) is 5.26 Å². The first-order valence-corrected chi connectivity index (χ1v) is 5.78. The lowest BCUT2D eigenvalue weighted by Gasteiger charge is -2.16. The highest BCUT2D eigenvalue weighted by molar-refractivity contribution is 5.90. The highest BCUT2D eigenvalue weighted by atomic mass is 16.5. The first-order valence-electron chi connectivity index (χ1n) is 5.78. The van der Waals surface area contributed by atoms with E-state index >= 15 is 0 Å². The van der Waals surface area contributed by atoms with E-state index in [0.29, 0.717) is 18.7 Å².